The highest BCUT2D eigenvalue weighted by Gasteiger charge is 2.55. The minimum atomic E-state index is -1.07. The standard InChI is InChI=1S/C50H41N7O8S2/c1-62-56-40(37-30-67-49(52-37)54-50(34-21-11-4-12-22-34,35-23-13-5-14-24-35)36-25-15-6-16-26-36)45(59)53-41-46(60)57-42(33(29-66-47(41)57)28-63-39-27-38(44(51)58)65-55-39)48(61)64-43(31-17-7-2-8-18-31)32-19-9-3-10-20-32/h2-27,30,41,43,47H,28-29H2,1H3,(H2,51,58)(H,52,54)(H,53,59)/b56-40-/t41?,47-/m1/s1. The Morgan fingerprint density at radius 2 is 1.40 bits per heavy atom. The fraction of sp³-hybridized carbons (Fsp3) is 0.140. The van der Waals surface area contributed by atoms with E-state index in [9.17, 15) is 19.2 Å². The van der Waals surface area contributed by atoms with E-state index in [1.54, 1.807) is 5.38 Å². The Hall–Kier alpha value is -8.02. The second kappa shape index (κ2) is 19.6. The van der Waals surface area contributed by atoms with Crippen LogP contribution in [0.3, 0.4) is 0 Å². The van der Waals surface area contributed by atoms with Crippen LogP contribution in [0, 0.1) is 0 Å². The number of carbonyl (C=O) groups excluding carboxylic acids is 4. The monoisotopic (exact) mass is 931 g/mol. The molecule has 0 radical (unpaired) electrons. The number of β-lactam (4-membered cyclic amide) rings is 1. The number of aromatic nitrogens is 2. The molecule has 0 aliphatic carbocycles. The molecule has 4 heterocycles. The van der Waals surface area contributed by atoms with Crippen molar-refractivity contribution in [2.45, 2.75) is 23.1 Å². The summed E-state index contributed by atoms with van der Waals surface area (Å²) >= 11 is 2.59. The Morgan fingerprint density at radius 3 is 1.93 bits per heavy atom. The molecule has 17 heteroatoms. The van der Waals surface area contributed by atoms with Gasteiger partial charge in [-0.3, -0.25) is 19.3 Å². The molecule has 2 aromatic heterocycles. The molecule has 3 amide bonds. The number of nitrogens with one attached hydrogen (secondary N) is 2. The van der Waals surface area contributed by atoms with Crippen LogP contribution in [-0.2, 0) is 29.5 Å². The molecular weight excluding hydrogens is 891 g/mol. The van der Waals surface area contributed by atoms with Crippen molar-refractivity contribution in [2.24, 2.45) is 10.9 Å². The van der Waals surface area contributed by atoms with Gasteiger partial charge in [0.2, 0.25) is 5.76 Å². The number of oxime groups is 1. The van der Waals surface area contributed by atoms with Gasteiger partial charge in [0.05, 0.1) is 6.07 Å². The summed E-state index contributed by atoms with van der Waals surface area (Å²) in [6.45, 7) is -0.220. The Labute approximate surface area is 392 Å². The first-order chi connectivity index (χ1) is 32.7. The van der Waals surface area contributed by atoms with E-state index >= 15 is 0 Å². The van der Waals surface area contributed by atoms with Crippen LogP contribution in [0.5, 0.6) is 5.88 Å². The maximum absolute atomic E-state index is 14.5. The third kappa shape index (κ3) is 9.01. The lowest BCUT2D eigenvalue weighted by Crippen LogP contribution is -2.71. The van der Waals surface area contributed by atoms with Crippen molar-refractivity contribution in [1.82, 2.24) is 20.4 Å². The van der Waals surface area contributed by atoms with E-state index in [-0.39, 0.29) is 41.1 Å². The molecule has 1 unspecified atom stereocenters. The molecule has 67 heavy (non-hydrogen) atoms. The lowest BCUT2D eigenvalue weighted by molar-refractivity contribution is -0.154. The Morgan fingerprint density at radius 1 is 0.851 bits per heavy atom. The van der Waals surface area contributed by atoms with Gasteiger partial charge in [0.15, 0.2) is 16.9 Å². The van der Waals surface area contributed by atoms with Gasteiger partial charge in [0.25, 0.3) is 23.6 Å². The molecule has 7 aromatic rings. The second-order valence-electron chi connectivity index (χ2n) is 15.2. The highest BCUT2D eigenvalue weighted by molar-refractivity contribution is 8.00. The summed E-state index contributed by atoms with van der Waals surface area (Å²) in [6.07, 6.45) is -0.832. The third-order valence-corrected chi connectivity index (χ3v) is 13.2. The van der Waals surface area contributed by atoms with Gasteiger partial charge in [0.1, 0.15) is 42.1 Å². The molecule has 9 rings (SSSR count). The summed E-state index contributed by atoms with van der Waals surface area (Å²) in [7, 11) is 1.31. The molecule has 15 nitrogen and oxygen atoms in total. The van der Waals surface area contributed by atoms with Crippen molar-refractivity contribution in [3.63, 3.8) is 0 Å². The summed E-state index contributed by atoms with van der Waals surface area (Å²) < 4.78 is 17.1. The molecule has 1 saturated heterocycles. The molecule has 2 aliphatic rings. The summed E-state index contributed by atoms with van der Waals surface area (Å²) in [5.74, 6) is -2.99. The number of fused-ring (bicyclic) bond motifs is 1. The van der Waals surface area contributed by atoms with Crippen molar-refractivity contribution in [1.29, 1.82) is 0 Å². The lowest BCUT2D eigenvalue weighted by Gasteiger charge is -2.49. The minimum absolute atomic E-state index is 0.0468. The summed E-state index contributed by atoms with van der Waals surface area (Å²) in [6, 6.07) is 48.7. The fourth-order valence-electron chi connectivity index (χ4n) is 8.02. The van der Waals surface area contributed by atoms with Gasteiger partial charge in [0, 0.05) is 16.7 Å². The van der Waals surface area contributed by atoms with Crippen LogP contribution in [0.25, 0.3) is 0 Å². The number of hydrogen-bond donors (Lipinski definition) is 3. The molecule has 336 valence electrons. The van der Waals surface area contributed by atoms with Crippen LogP contribution in [0.15, 0.2) is 184 Å². The normalized spacial score (nSPS) is 15.9. The zero-order valence-electron chi connectivity index (χ0n) is 35.7. The van der Waals surface area contributed by atoms with Gasteiger partial charge in [-0.05, 0) is 33.0 Å². The van der Waals surface area contributed by atoms with Crippen molar-refractivity contribution >= 4 is 57.6 Å². The predicted molar refractivity (Wildman–Crippen MR) is 252 cm³/mol. The van der Waals surface area contributed by atoms with E-state index < -0.39 is 46.7 Å². The molecule has 2 atom stereocenters. The molecule has 5 aromatic carbocycles. The number of primary amides is 1. The highest BCUT2D eigenvalue weighted by Crippen LogP contribution is 2.43. The van der Waals surface area contributed by atoms with Crippen LogP contribution in [0.1, 0.15) is 50.2 Å². The highest BCUT2D eigenvalue weighted by atomic mass is 32.2. The van der Waals surface area contributed by atoms with Gasteiger partial charge < -0.3 is 35.2 Å². The predicted octanol–water partition coefficient (Wildman–Crippen LogP) is 7.05. The largest absolute Gasteiger partial charge is 0.471 e. The quantitative estimate of drug-likeness (QED) is 0.0277. The number of nitrogens with zero attached hydrogens (tertiary/aromatic N) is 4. The van der Waals surface area contributed by atoms with E-state index in [0.29, 0.717) is 21.8 Å². The van der Waals surface area contributed by atoms with E-state index in [1.165, 1.54) is 41.2 Å². The number of benzene rings is 5. The number of esters is 1. The van der Waals surface area contributed by atoms with E-state index in [4.69, 9.17) is 29.6 Å². The zero-order chi connectivity index (χ0) is 46.3. The lowest BCUT2D eigenvalue weighted by atomic mass is 9.77. The van der Waals surface area contributed by atoms with Crippen LogP contribution in [0.4, 0.5) is 5.13 Å². The molecule has 0 spiro atoms. The number of anilines is 1. The third-order valence-electron chi connectivity index (χ3n) is 11.1. The smallest absolute Gasteiger partial charge is 0.356 e. The Kier molecular flexibility index (Phi) is 12.9. The van der Waals surface area contributed by atoms with Gasteiger partial charge >= 0.3 is 5.97 Å². The number of carbonyl (C=O) groups is 4. The number of nitrogens with two attached hydrogens (primary N) is 1. The summed E-state index contributed by atoms with van der Waals surface area (Å²) in [4.78, 5) is 66.0. The first-order valence-corrected chi connectivity index (χ1v) is 22.9. The topological polar surface area (TPSA) is 201 Å². The number of hydrogen-bond acceptors (Lipinski definition) is 14. The van der Waals surface area contributed by atoms with E-state index in [0.717, 1.165) is 16.7 Å². The van der Waals surface area contributed by atoms with Gasteiger partial charge in [-0.1, -0.05) is 157 Å². The van der Waals surface area contributed by atoms with Gasteiger partial charge in [-0.25, -0.2) is 9.78 Å². The molecular formula is C50H41N7O8S2. The average molecular weight is 932 g/mol. The molecule has 0 bridgehead atoms. The Balaban J connectivity index is 0.984. The Bertz CT molecular complexity index is 2820. The maximum atomic E-state index is 14.5. The van der Waals surface area contributed by atoms with Crippen LogP contribution in [0.2, 0.25) is 0 Å². The fourth-order valence-corrected chi connectivity index (χ4v) is 10.1. The second-order valence-corrected chi connectivity index (χ2v) is 17.2. The zero-order valence-corrected chi connectivity index (χ0v) is 37.3. The van der Waals surface area contributed by atoms with Crippen LogP contribution < -0.4 is 21.1 Å². The van der Waals surface area contributed by atoms with Crippen molar-refractivity contribution in [3.05, 3.63) is 214 Å². The number of rotatable bonds is 17. The molecule has 0 saturated carbocycles. The number of ether oxygens (including phenoxy) is 2. The van der Waals surface area contributed by atoms with Crippen molar-refractivity contribution in [3.8, 4) is 5.88 Å². The van der Waals surface area contributed by atoms with Gasteiger partial charge in [-0.15, -0.1) is 23.1 Å². The molecule has 4 N–H and O–H groups in total. The van der Waals surface area contributed by atoms with Crippen molar-refractivity contribution < 1.29 is 38.0 Å². The van der Waals surface area contributed by atoms with Crippen LogP contribution >= 0.6 is 23.1 Å². The number of amides is 3. The maximum Gasteiger partial charge on any atom is 0.356 e. The van der Waals surface area contributed by atoms with Gasteiger partial charge in [-0.2, -0.15) is 0 Å². The first-order valence-electron chi connectivity index (χ1n) is 20.9. The molecule has 1 fully saturated rings. The number of thioether (sulfide) groups is 1. The first kappa shape index (κ1) is 44.2. The summed E-state index contributed by atoms with van der Waals surface area (Å²) in [5.41, 5.74) is 9.14. The van der Waals surface area contributed by atoms with Crippen LogP contribution in [-0.4, -0.2) is 75.3 Å². The average Bonchev–Trinajstić information content (AvgIpc) is 4.06. The summed E-state index contributed by atoms with van der Waals surface area (Å²) in [5, 5.41) is 15.8. The number of thiazole rings is 1. The van der Waals surface area contributed by atoms with E-state index in [2.05, 4.69) is 20.9 Å². The van der Waals surface area contributed by atoms with Crippen molar-refractivity contribution in [2.75, 3.05) is 24.8 Å². The minimum Gasteiger partial charge on any atom is -0.471 e. The molecule has 2 aliphatic heterocycles. The SMILES string of the molecule is CO/N=C(\C(=O)NC1C(=O)N2C(C(=O)OC(c3ccccc3)c3ccccc3)=C(COc3cc(C(N)=O)on3)CS[C@H]12)c1csc(NC(c2ccccc2)(c2ccccc2)c2ccccc2)n1. The van der Waals surface area contributed by atoms with E-state index in [1.807, 2.05) is 152 Å².